The molecule has 1 aromatic heterocycles. The van der Waals surface area contributed by atoms with Crippen LogP contribution in [-0.4, -0.2) is 4.98 Å². The van der Waals surface area contributed by atoms with Crippen molar-refractivity contribution in [3.8, 4) is 11.3 Å². The number of aromatic nitrogens is 1. The zero-order valence-electron chi connectivity index (χ0n) is 9.39. The Balaban J connectivity index is 2.26. The normalized spacial score (nSPS) is 12.4. The molecule has 1 aromatic carbocycles. The fourth-order valence-corrected chi connectivity index (χ4v) is 1.68. The van der Waals surface area contributed by atoms with Crippen molar-refractivity contribution >= 4 is 12.8 Å². The highest BCUT2D eigenvalue weighted by Crippen LogP contribution is 2.19. The van der Waals surface area contributed by atoms with Gasteiger partial charge in [-0.25, -0.2) is 4.39 Å². The Labute approximate surface area is 105 Å². The minimum Gasteiger partial charge on any atom is -0.260 e. The molecule has 17 heavy (non-hydrogen) atoms. The van der Waals surface area contributed by atoms with Crippen molar-refractivity contribution in [1.29, 1.82) is 0 Å². The molecule has 0 saturated heterocycles. The van der Waals surface area contributed by atoms with E-state index < -0.39 is 0 Å². The maximum atomic E-state index is 12.8. The first-order valence-electron chi connectivity index (χ1n) is 5.32. The summed E-state index contributed by atoms with van der Waals surface area (Å²) in [5.41, 5.74) is 2.80. The second-order valence-electron chi connectivity index (χ2n) is 3.83. The van der Waals surface area contributed by atoms with Gasteiger partial charge in [0, 0.05) is 17.8 Å². The second-order valence-corrected chi connectivity index (χ2v) is 4.09. The molecule has 2 nitrogen and oxygen atoms in total. The smallest absolute Gasteiger partial charge is 0.123 e. The lowest BCUT2D eigenvalue weighted by molar-refractivity contribution is 0.628. The van der Waals surface area contributed by atoms with E-state index in [0.29, 0.717) is 0 Å². The Hall–Kier alpha value is -1.39. The number of nitrogens with zero attached hydrogens (tertiary/aromatic N) is 1. The van der Waals surface area contributed by atoms with Gasteiger partial charge in [-0.05, 0) is 42.8 Å². The number of halogens is 1. The molecule has 0 spiro atoms. The van der Waals surface area contributed by atoms with E-state index in [1.807, 2.05) is 19.1 Å². The minimum atomic E-state index is -0.238. The van der Waals surface area contributed by atoms with E-state index >= 15 is 0 Å². The zero-order chi connectivity index (χ0) is 12.3. The van der Waals surface area contributed by atoms with Crippen LogP contribution in [0.4, 0.5) is 4.39 Å². The summed E-state index contributed by atoms with van der Waals surface area (Å²) >= 11 is 4.01. The number of hydrogen-bond acceptors (Lipinski definition) is 3. The largest absolute Gasteiger partial charge is 0.260 e. The van der Waals surface area contributed by atoms with Crippen LogP contribution in [0.1, 0.15) is 18.5 Å². The Morgan fingerprint density at radius 3 is 2.41 bits per heavy atom. The van der Waals surface area contributed by atoms with Crippen LogP contribution in [0, 0.1) is 5.82 Å². The van der Waals surface area contributed by atoms with Crippen molar-refractivity contribution in [2.24, 2.45) is 0 Å². The first-order valence-corrected chi connectivity index (χ1v) is 5.77. The quantitative estimate of drug-likeness (QED) is 0.814. The van der Waals surface area contributed by atoms with E-state index in [4.69, 9.17) is 0 Å². The molecule has 0 aliphatic heterocycles. The molecule has 4 heteroatoms. The van der Waals surface area contributed by atoms with Gasteiger partial charge in [-0.1, -0.05) is 18.9 Å². The topological polar surface area (TPSA) is 24.9 Å². The van der Waals surface area contributed by atoms with Crippen molar-refractivity contribution in [3.63, 3.8) is 0 Å². The summed E-state index contributed by atoms with van der Waals surface area (Å²) in [6.45, 7) is 2.00. The van der Waals surface area contributed by atoms with Crippen molar-refractivity contribution < 1.29 is 4.39 Å². The molecule has 0 bridgehead atoms. The predicted octanol–water partition coefficient (Wildman–Crippen LogP) is 3.38. The lowest BCUT2D eigenvalue weighted by atomic mass is 10.1. The van der Waals surface area contributed by atoms with E-state index in [0.717, 1.165) is 16.8 Å². The second kappa shape index (κ2) is 5.29. The Morgan fingerprint density at radius 1 is 1.18 bits per heavy atom. The van der Waals surface area contributed by atoms with Gasteiger partial charge in [-0.15, -0.1) is 0 Å². The summed E-state index contributed by atoms with van der Waals surface area (Å²) in [5.74, 6) is -0.238. The molecule has 1 N–H and O–H groups in total. The molecule has 2 rings (SSSR count). The van der Waals surface area contributed by atoms with Crippen LogP contribution in [0.15, 0.2) is 42.6 Å². The number of hydrogen-bond donors (Lipinski definition) is 2. The summed E-state index contributed by atoms with van der Waals surface area (Å²) in [6.07, 6.45) is 1.80. The first kappa shape index (κ1) is 12.1. The molecule has 0 radical (unpaired) electrons. The number of benzene rings is 1. The van der Waals surface area contributed by atoms with Gasteiger partial charge in [-0.3, -0.25) is 9.71 Å². The van der Waals surface area contributed by atoms with Gasteiger partial charge >= 0.3 is 0 Å². The molecule has 88 valence electrons. The Bertz CT molecular complexity index is 482. The van der Waals surface area contributed by atoms with Gasteiger partial charge in [0.15, 0.2) is 0 Å². The van der Waals surface area contributed by atoms with Crippen molar-refractivity contribution in [1.82, 2.24) is 9.71 Å². The van der Waals surface area contributed by atoms with E-state index in [-0.39, 0.29) is 11.9 Å². The first-order chi connectivity index (χ1) is 8.20. The van der Waals surface area contributed by atoms with Crippen molar-refractivity contribution in [3.05, 3.63) is 54.0 Å². The van der Waals surface area contributed by atoms with Crippen molar-refractivity contribution in [2.45, 2.75) is 13.0 Å². The van der Waals surface area contributed by atoms with Crippen LogP contribution in [0.2, 0.25) is 0 Å². The SMILES string of the molecule is CC(NS)c1ccc(-c2ccc(F)cc2)nc1. The number of pyridine rings is 1. The van der Waals surface area contributed by atoms with Crippen LogP contribution in [-0.2, 0) is 0 Å². The number of rotatable bonds is 3. The summed E-state index contributed by atoms with van der Waals surface area (Å²) in [5, 5.41) is 0. The van der Waals surface area contributed by atoms with Gasteiger partial charge < -0.3 is 0 Å². The third-order valence-electron chi connectivity index (χ3n) is 2.62. The Kier molecular flexibility index (Phi) is 3.76. The van der Waals surface area contributed by atoms with E-state index in [1.165, 1.54) is 12.1 Å². The molecule has 1 unspecified atom stereocenters. The van der Waals surface area contributed by atoms with E-state index in [2.05, 4.69) is 22.5 Å². The van der Waals surface area contributed by atoms with Gasteiger partial charge in [0.2, 0.25) is 0 Å². The summed E-state index contributed by atoms with van der Waals surface area (Å²) in [7, 11) is 0. The van der Waals surface area contributed by atoms with Crippen LogP contribution in [0.3, 0.4) is 0 Å². The fraction of sp³-hybridized carbons (Fsp3) is 0.154. The van der Waals surface area contributed by atoms with Gasteiger partial charge in [-0.2, -0.15) is 0 Å². The van der Waals surface area contributed by atoms with Crippen molar-refractivity contribution in [2.75, 3.05) is 0 Å². The highest BCUT2D eigenvalue weighted by atomic mass is 32.1. The summed E-state index contributed by atoms with van der Waals surface area (Å²) in [4.78, 5) is 4.35. The summed E-state index contributed by atoms with van der Waals surface area (Å²) < 4.78 is 15.6. The van der Waals surface area contributed by atoms with E-state index in [9.17, 15) is 4.39 Å². The maximum absolute atomic E-state index is 12.8. The molecule has 1 atom stereocenters. The molecular weight excluding hydrogens is 235 g/mol. The van der Waals surface area contributed by atoms with Gasteiger partial charge in [0.05, 0.1) is 5.69 Å². The molecule has 0 aliphatic carbocycles. The molecule has 1 heterocycles. The average Bonchev–Trinajstić information content (AvgIpc) is 2.39. The predicted molar refractivity (Wildman–Crippen MR) is 70.2 cm³/mol. The molecule has 0 saturated carbocycles. The standard InChI is InChI=1S/C13H13FN2S/c1-9(16-17)11-4-7-13(15-8-11)10-2-5-12(14)6-3-10/h2-9,16-17H,1H3. The third kappa shape index (κ3) is 2.84. The van der Waals surface area contributed by atoms with Crippen LogP contribution in [0.5, 0.6) is 0 Å². The van der Waals surface area contributed by atoms with Crippen LogP contribution >= 0.6 is 12.8 Å². The monoisotopic (exact) mass is 248 g/mol. The zero-order valence-corrected chi connectivity index (χ0v) is 10.3. The summed E-state index contributed by atoms with van der Waals surface area (Å²) in [6, 6.07) is 10.4. The molecule has 0 aliphatic rings. The molecule has 2 aromatic rings. The van der Waals surface area contributed by atoms with Gasteiger partial charge in [0.1, 0.15) is 5.82 Å². The average molecular weight is 248 g/mol. The maximum Gasteiger partial charge on any atom is 0.123 e. The van der Waals surface area contributed by atoms with E-state index in [1.54, 1.807) is 18.3 Å². The minimum absolute atomic E-state index is 0.146. The van der Waals surface area contributed by atoms with Gasteiger partial charge in [0.25, 0.3) is 0 Å². The highest BCUT2D eigenvalue weighted by molar-refractivity contribution is 7.78. The highest BCUT2D eigenvalue weighted by Gasteiger charge is 2.04. The fourth-order valence-electron chi connectivity index (χ4n) is 1.53. The van der Waals surface area contributed by atoms with Crippen LogP contribution in [0.25, 0.3) is 11.3 Å². The molecule has 0 fully saturated rings. The molecular formula is C13H13FN2S. The lowest BCUT2D eigenvalue weighted by Gasteiger charge is -2.09. The Morgan fingerprint density at radius 2 is 1.88 bits per heavy atom. The number of thiol groups is 1. The number of nitrogens with one attached hydrogen (secondary N) is 1. The lowest BCUT2D eigenvalue weighted by Crippen LogP contribution is -2.06. The third-order valence-corrected chi connectivity index (χ3v) is 3.01. The van der Waals surface area contributed by atoms with Crippen LogP contribution < -0.4 is 4.72 Å². The molecule has 0 amide bonds.